The minimum Gasteiger partial charge on any atom is -0.396 e. The van der Waals surface area contributed by atoms with E-state index in [0.717, 1.165) is 12.8 Å². The molecule has 0 aromatic rings. The zero-order valence-electron chi connectivity index (χ0n) is 15.6. The molecule has 0 amide bonds. The number of hydrogen-bond acceptors (Lipinski definition) is 8. The standard InChI is InChI=1S/C18H35NO7/c1-26-18-17(25)16(24)15(19-18)14(23)10-4-8-12(21)6-2-3-7-13(22)9-5-11-20/h12,14-21,23-25H,2-11H2,1H3. The van der Waals surface area contributed by atoms with E-state index in [1.807, 2.05) is 0 Å². The fourth-order valence-corrected chi connectivity index (χ4v) is 3.31. The lowest BCUT2D eigenvalue weighted by atomic mass is 9.98. The molecule has 1 rings (SSSR count). The first-order valence-electron chi connectivity index (χ1n) is 9.54. The van der Waals surface area contributed by atoms with Gasteiger partial charge in [0.05, 0.1) is 18.2 Å². The van der Waals surface area contributed by atoms with E-state index in [1.54, 1.807) is 0 Å². The lowest BCUT2D eigenvalue weighted by molar-refractivity contribution is -0.119. The first kappa shape index (κ1) is 23.4. The van der Waals surface area contributed by atoms with E-state index in [-0.39, 0.29) is 12.4 Å². The van der Waals surface area contributed by atoms with Gasteiger partial charge in [-0.05, 0) is 38.5 Å². The number of unbranched alkanes of at least 4 members (excludes halogenated alkanes) is 1. The average Bonchev–Trinajstić information content (AvgIpc) is 2.91. The van der Waals surface area contributed by atoms with Crippen molar-refractivity contribution in [2.75, 3.05) is 13.7 Å². The number of nitrogens with one attached hydrogen (secondary N) is 1. The molecular weight excluding hydrogens is 342 g/mol. The van der Waals surface area contributed by atoms with Crippen LogP contribution in [-0.2, 0) is 9.53 Å². The van der Waals surface area contributed by atoms with Crippen molar-refractivity contribution in [3.8, 4) is 0 Å². The first-order valence-corrected chi connectivity index (χ1v) is 9.54. The van der Waals surface area contributed by atoms with E-state index >= 15 is 0 Å². The Bertz CT molecular complexity index is 396. The number of carbonyl (C=O) groups is 1. The molecule has 154 valence electrons. The summed E-state index contributed by atoms with van der Waals surface area (Å²) in [6.45, 7) is 0.0365. The number of methoxy groups -OCH3 is 1. The molecule has 1 aliphatic rings. The highest BCUT2D eigenvalue weighted by atomic mass is 16.5. The number of hydrogen-bond donors (Lipinski definition) is 6. The maximum atomic E-state index is 11.5. The Kier molecular flexibility index (Phi) is 11.5. The van der Waals surface area contributed by atoms with Crippen LogP contribution in [0.2, 0.25) is 0 Å². The summed E-state index contributed by atoms with van der Waals surface area (Å²) < 4.78 is 5.00. The van der Waals surface area contributed by atoms with Crippen molar-refractivity contribution < 1.29 is 35.1 Å². The van der Waals surface area contributed by atoms with Gasteiger partial charge in [-0.3, -0.25) is 10.1 Å². The maximum Gasteiger partial charge on any atom is 0.136 e. The Morgan fingerprint density at radius 3 is 2.27 bits per heavy atom. The van der Waals surface area contributed by atoms with Crippen LogP contribution < -0.4 is 5.32 Å². The van der Waals surface area contributed by atoms with Crippen LogP contribution in [0.4, 0.5) is 0 Å². The van der Waals surface area contributed by atoms with Crippen LogP contribution in [-0.4, -0.2) is 81.7 Å². The molecule has 6 unspecified atom stereocenters. The lowest BCUT2D eigenvalue weighted by Gasteiger charge is -2.22. The summed E-state index contributed by atoms with van der Waals surface area (Å²) in [5.74, 6) is 0.149. The van der Waals surface area contributed by atoms with E-state index in [2.05, 4.69) is 5.32 Å². The molecule has 0 bridgehead atoms. The topological polar surface area (TPSA) is 139 Å². The second-order valence-corrected chi connectivity index (χ2v) is 7.09. The van der Waals surface area contributed by atoms with Crippen molar-refractivity contribution in [3.05, 3.63) is 0 Å². The molecule has 6 N–H and O–H groups in total. The number of carbonyl (C=O) groups excluding carboxylic acids is 1. The van der Waals surface area contributed by atoms with Crippen LogP contribution in [0.3, 0.4) is 0 Å². The highest BCUT2D eigenvalue weighted by Gasteiger charge is 2.44. The quantitative estimate of drug-likeness (QED) is 0.222. The van der Waals surface area contributed by atoms with Crippen LogP contribution in [0, 0.1) is 0 Å². The summed E-state index contributed by atoms with van der Waals surface area (Å²) in [6.07, 6.45) is 0.857. The second kappa shape index (κ2) is 12.7. The normalized spacial score (nSPS) is 28.2. The molecule has 8 nitrogen and oxygen atoms in total. The van der Waals surface area contributed by atoms with Gasteiger partial charge in [0.25, 0.3) is 0 Å². The van der Waals surface area contributed by atoms with Crippen LogP contribution in [0.1, 0.15) is 57.8 Å². The zero-order valence-corrected chi connectivity index (χ0v) is 15.6. The van der Waals surface area contributed by atoms with E-state index in [4.69, 9.17) is 9.84 Å². The highest BCUT2D eigenvalue weighted by Crippen LogP contribution is 2.21. The fraction of sp³-hybridized carbons (Fsp3) is 0.944. The predicted octanol–water partition coefficient (Wildman–Crippen LogP) is -0.553. The predicted molar refractivity (Wildman–Crippen MR) is 95.4 cm³/mol. The molecule has 0 saturated carbocycles. The molecule has 0 radical (unpaired) electrons. The van der Waals surface area contributed by atoms with Gasteiger partial charge < -0.3 is 30.3 Å². The van der Waals surface area contributed by atoms with Crippen LogP contribution in [0.25, 0.3) is 0 Å². The molecule has 1 saturated heterocycles. The molecule has 8 heteroatoms. The van der Waals surface area contributed by atoms with Crippen molar-refractivity contribution in [3.63, 3.8) is 0 Å². The summed E-state index contributed by atoms with van der Waals surface area (Å²) in [5, 5.41) is 51.4. The van der Waals surface area contributed by atoms with Gasteiger partial charge in [-0.1, -0.05) is 6.42 Å². The molecule has 0 aromatic heterocycles. The SMILES string of the molecule is COC1NC(C(O)CCCC(O)CCCCC(=O)CCCO)C(O)C1O. The Hall–Kier alpha value is -0.610. The zero-order chi connectivity index (χ0) is 19.5. The van der Waals surface area contributed by atoms with Crippen molar-refractivity contribution in [2.24, 2.45) is 0 Å². The molecule has 0 aromatic carbocycles. The van der Waals surface area contributed by atoms with Gasteiger partial charge in [-0.2, -0.15) is 0 Å². The molecule has 0 spiro atoms. The van der Waals surface area contributed by atoms with E-state index < -0.39 is 36.7 Å². The number of aliphatic hydroxyl groups is 5. The first-order chi connectivity index (χ1) is 12.4. The molecule has 1 heterocycles. The second-order valence-electron chi connectivity index (χ2n) is 7.09. The summed E-state index contributed by atoms with van der Waals surface area (Å²) in [4.78, 5) is 11.5. The minimum absolute atomic E-state index is 0.0365. The fourth-order valence-electron chi connectivity index (χ4n) is 3.31. The van der Waals surface area contributed by atoms with Gasteiger partial charge in [0, 0.05) is 26.6 Å². The largest absolute Gasteiger partial charge is 0.396 e. The Morgan fingerprint density at radius 1 is 1.00 bits per heavy atom. The van der Waals surface area contributed by atoms with Gasteiger partial charge in [0.1, 0.15) is 24.2 Å². The number of Topliss-reactive ketones (excluding diaryl/α,β-unsaturated/α-hetero) is 1. The number of rotatable bonds is 14. The summed E-state index contributed by atoms with van der Waals surface area (Å²) in [6, 6.07) is -0.656. The average molecular weight is 377 g/mol. The minimum atomic E-state index is -1.09. The number of ether oxygens (including phenoxy) is 1. The molecule has 0 aliphatic carbocycles. The monoisotopic (exact) mass is 377 g/mol. The van der Waals surface area contributed by atoms with Gasteiger partial charge in [0.15, 0.2) is 0 Å². The molecular formula is C18H35NO7. The summed E-state index contributed by atoms with van der Waals surface area (Å²) in [5.41, 5.74) is 0. The smallest absolute Gasteiger partial charge is 0.136 e. The summed E-state index contributed by atoms with van der Waals surface area (Å²) >= 11 is 0. The van der Waals surface area contributed by atoms with Crippen molar-refractivity contribution in [1.82, 2.24) is 5.32 Å². The van der Waals surface area contributed by atoms with E-state index in [0.29, 0.717) is 44.9 Å². The molecule has 26 heavy (non-hydrogen) atoms. The Morgan fingerprint density at radius 2 is 1.65 bits per heavy atom. The van der Waals surface area contributed by atoms with Crippen molar-refractivity contribution in [1.29, 1.82) is 0 Å². The summed E-state index contributed by atoms with van der Waals surface area (Å²) in [7, 11) is 1.42. The number of ketones is 1. The van der Waals surface area contributed by atoms with Crippen LogP contribution >= 0.6 is 0 Å². The molecule has 1 aliphatic heterocycles. The maximum absolute atomic E-state index is 11.5. The Balaban J connectivity index is 2.12. The van der Waals surface area contributed by atoms with Gasteiger partial charge >= 0.3 is 0 Å². The van der Waals surface area contributed by atoms with Crippen molar-refractivity contribution >= 4 is 5.78 Å². The lowest BCUT2D eigenvalue weighted by Crippen LogP contribution is -2.43. The highest BCUT2D eigenvalue weighted by molar-refractivity contribution is 5.78. The third-order valence-electron chi connectivity index (χ3n) is 4.95. The van der Waals surface area contributed by atoms with Crippen molar-refractivity contribution in [2.45, 2.75) is 94.5 Å². The van der Waals surface area contributed by atoms with Gasteiger partial charge in [0.2, 0.25) is 0 Å². The van der Waals surface area contributed by atoms with Crippen LogP contribution in [0.5, 0.6) is 0 Å². The van der Waals surface area contributed by atoms with Crippen LogP contribution in [0.15, 0.2) is 0 Å². The van der Waals surface area contributed by atoms with Gasteiger partial charge in [-0.15, -0.1) is 0 Å². The van der Waals surface area contributed by atoms with E-state index in [1.165, 1.54) is 7.11 Å². The van der Waals surface area contributed by atoms with E-state index in [9.17, 15) is 25.2 Å². The third kappa shape index (κ3) is 7.96. The molecule has 6 atom stereocenters. The third-order valence-corrected chi connectivity index (χ3v) is 4.95. The number of aliphatic hydroxyl groups excluding tert-OH is 5. The van der Waals surface area contributed by atoms with Gasteiger partial charge in [-0.25, -0.2) is 0 Å². The molecule has 1 fully saturated rings. The Labute approximate surface area is 155 Å².